The van der Waals surface area contributed by atoms with Crippen LogP contribution in [-0.4, -0.2) is 11.7 Å². The van der Waals surface area contributed by atoms with Crippen molar-refractivity contribution < 1.29 is 9.53 Å². The third-order valence-corrected chi connectivity index (χ3v) is 4.97. The van der Waals surface area contributed by atoms with Crippen LogP contribution in [0.25, 0.3) is 0 Å². The Morgan fingerprint density at radius 3 is 2.55 bits per heavy atom. The molecule has 2 nitrogen and oxygen atoms in total. The minimum absolute atomic E-state index is 0.246. The zero-order valence-corrected chi connectivity index (χ0v) is 15.7. The molecule has 2 aromatic carbocycles. The Balaban J connectivity index is 2.02. The van der Waals surface area contributed by atoms with Gasteiger partial charge in [-0.05, 0) is 50.1 Å². The summed E-state index contributed by atoms with van der Waals surface area (Å²) < 4.78 is 6.26. The fourth-order valence-electron chi connectivity index (χ4n) is 2.06. The molecule has 5 heteroatoms. The molecule has 0 unspecified atom stereocenters. The molecule has 0 N–H and O–H groups in total. The van der Waals surface area contributed by atoms with Crippen molar-refractivity contribution in [3.63, 3.8) is 0 Å². The molecule has 0 spiro atoms. The first-order valence-corrected chi connectivity index (χ1v) is 8.89. The lowest BCUT2D eigenvalue weighted by atomic mass is 10.2. The highest BCUT2D eigenvalue weighted by atomic mass is 79.9. The third kappa shape index (κ3) is 4.51. The van der Waals surface area contributed by atoms with Gasteiger partial charge < -0.3 is 4.74 Å². The molecule has 0 saturated carbocycles. The van der Waals surface area contributed by atoms with Crippen molar-refractivity contribution in [1.82, 2.24) is 0 Å². The smallest absolute Gasteiger partial charge is 0.321 e. The minimum Gasteiger partial charge on any atom is -0.424 e. The van der Waals surface area contributed by atoms with E-state index in [1.165, 1.54) is 17.3 Å². The summed E-state index contributed by atoms with van der Waals surface area (Å²) in [7, 11) is 0. The van der Waals surface area contributed by atoms with E-state index in [0.29, 0.717) is 10.8 Å². The van der Waals surface area contributed by atoms with Crippen molar-refractivity contribution in [2.75, 3.05) is 5.75 Å². The summed E-state index contributed by atoms with van der Waals surface area (Å²) in [5.41, 5.74) is 3.20. The van der Waals surface area contributed by atoms with Gasteiger partial charge in [-0.3, -0.25) is 4.79 Å². The molecule has 116 valence electrons. The number of esters is 1. The van der Waals surface area contributed by atoms with Crippen LogP contribution in [0.15, 0.2) is 39.7 Å². The number of carbonyl (C=O) groups excluding carboxylic acids is 1. The molecule has 0 aliphatic carbocycles. The Kier molecular flexibility index (Phi) is 5.95. The average molecular weight is 400 g/mol. The van der Waals surface area contributed by atoms with Crippen molar-refractivity contribution >= 4 is 45.3 Å². The lowest BCUT2D eigenvalue weighted by Gasteiger charge is -2.10. The third-order valence-electron chi connectivity index (χ3n) is 3.09. The number of ether oxygens (including phenoxy) is 1. The Bertz CT molecular complexity index is 693. The number of hydrogen-bond acceptors (Lipinski definition) is 3. The molecule has 0 fully saturated rings. The predicted octanol–water partition coefficient (Wildman–Crippen LogP) is 5.73. The molecule has 2 rings (SSSR count). The Hall–Kier alpha value is -0.970. The van der Waals surface area contributed by atoms with Gasteiger partial charge in [-0.2, -0.15) is 0 Å². The summed E-state index contributed by atoms with van der Waals surface area (Å²) in [6.45, 7) is 5.95. The van der Waals surface area contributed by atoms with Gasteiger partial charge >= 0.3 is 5.97 Å². The molecule has 22 heavy (non-hydrogen) atoms. The highest BCUT2D eigenvalue weighted by Gasteiger charge is 2.13. The van der Waals surface area contributed by atoms with Crippen LogP contribution in [0.4, 0.5) is 0 Å². The largest absolute Gasteiger partial charge is 0.424 e. The second-order valence-corrected chi connectivity index (χ2v) is 7.41. The Labute approximate surface area is 148 Å². The first-order valence-electron chi connectivity index (χ1n) is 6.73. The van der Waals surface area contributed by atoms with Gasteiger partial charge in [0.2, 0.25) is 0 Å². The van der Waals surface area contributed by atoms with E-state index in [1.807, 2.05) is 39.0 Å². The molecular weight excluding hydrogens is 384 g/mol. The van der Waals surface area contributed by atoms with E-state index in [-0.39, 0.29) is 11.7 Å². The summed E-state index contributed by atoms with van der Waals surface area (Å²) in [5.74, 6) is 0.365. The molecule has 0 atom stereocenters. The van der Waals surface area contributed by atoms with Gasteiger partial charge in [0, 0.05) is 9.37 Å². The molecular formula is C17H16BrClO2S. The maximum atomic E-state index is 12.0. The summed E-state index contributed by atoms with van der Waals surface area (Å²) >= 11 is 11.0. The summed E-state index contributed by atoms with van der Waals surface area (Å²) in [4.78, 5) is 13.1. The first kappa shape index (κ1) is 17.4. The number of benzene rings is 2. The Morgan fingerprint density at radius 1 is 1.18 bits per heavy atom. The van der Waals surface area contributed by atoms with E-state index in [4.69, 9.17) is 16.3 Å². The zero-order valence-electron chi connectivity index (χ0n) is 12.6. The number of carbonyl (C=O) groups is 1. The summed E-state index contributed by atoms with van der Waals surface area (Å²) in [6, 6.07) is 9.75. The SMILES string of the molecule is Cc1ccc(SCC(=O)Oc2c(C)cc(Br)cc2Cl)c(C)c1. The summed E-state index contributed by atoms with van der Waals surface area (Å²) in [5, 5.41) is 0.428. The topological polar surface area (TPSA) is 26.3 Å². The molecule has 0 aliphatic rings. The van der Waals surface area contributed by atoms with Crippen LogP contribution >= 0.6 is 39.3 Å². The van der Waals surface area contributed by atoms with E-state index >= 15 is 0 Å². The second kappa shape index (κ2) is 7.53. The second-order valence-electron chi connectivity index (χ2n) is 5.07. The number of aryl methyl sites for hydroxylation is 3. The molecule has 0 aromatic heterocycles. The molecule has 0 aliphatic heterocycles. The number of rotatable bonds is 4. The molecule has 0 saturated heterocycles. The standard InChI is InChI=1S/C17H16BrClO2S/c1-10-4-5-15(11(2)6-10)22-9-16(20)21-17-12(3)7-13(18)8-14(17)19/h4-8H,9H2,1-3H3. The van der Waals surface area contributed by atoms with Crippen molar-refractivity contribution in [2.24, 2.45) is 0 Å². The maximum Gasteiger partial charge on any atom is 0.321 e. The highest BCUT2D eigenvalue weighted by molar-refractivity contribution is 9.10. The van der Waals surface area contributed by atoms with Crippen LogP contribution < -0.4 is 4.74 Å². The van der Waals surface area contributed by atoms with Gasteiger partial charge in [-0.25, -0.2) is 0 Å². The highest BCUT2D eigenvalue weighted by Crippen LogP contribution is 2.32. The first-order chi connectivity index (χ1) is 10.4. The van der Waals surface area contributed by atoms with Gasteiger partial charge in [-0.1, -0.05) is 45.2 Å². The van der Waals surface area contributed by atoms with Crippen molar-refractivity contribution in [1.29, 1.82) is 0 Å². The van der Waals surface area contributed by atoms with Gasteiger partial charge in [0.1, 0.15) is 0 Å². The van der Waals surface area contributed by atoms with E-state index in [0.717, 1.165) is 20.5 Å². The van der Waals surface area contributed by atoms with Crippen LogP contribution in [0, 0.1) is 20.8 Å². The summed E-state index contributed by atoms with van der Waals surface area (Å²) in [6.07, 6.45) is 0. The number of thioether (sulfide) groups is 1. The molecule has 0 heterocycles. The van der Waals surface area contributed by atoms with Crippen LogP contribution in [0.3, 0.4) is 0 Å². The molecule has 0 bridgehead atoms. The van der Waals surface area contributed by atoms with Gasteiger partial charge in [0.15, 0.2) is 5.75 Å². The van der Waals surface area contributed by atoms with Crippen LogP contribution in [-0.2, 0) is 4.79 Å². The lowest BCUT2D eigenvalue weighted by Crippen LogP contribution is -2.12. The maximum absolute atomic E-state index is 12.0. The molecule has 2 aromatic rings. The lowest BCUT2D eigenvalue weighted by molar-refractivity contribution is -0.131. The Morgan fingerprint density at radius 2 is 1.91 bits per heavy atom. The van der Waals surface area contributed by atoms with Crippen molar-refractivity contribution in [3.8, 4) is 5.75 Å². The minimum atomic E-state index is -0.308. The van der Waals surface area contributed by atoms with E-state index in [2.05, 4.69) is 22.0 Å². The van der Waals surface area contributed by atoms with E-state index in [1.54, 1.807) is 6.07 Å². The van der Waals surface area contributed by atoms with Crippen LogP contribution in [0.2, 0.25) is 5.02 Å². The molecule has 0 radical (unpaired) electrons. The van der Waals surface area contributed by atoms with E-state index in [9.17, 15) is 4.79 Å². The van der Waals surface area contributed by atoms with Crippen molar-refractivity contribution in [2.45, 2.75) is 25.7 Å². The zero-order chi connectivity index (χ0) is 16.3. The van der Waals surface area contributed by atoms with Gasteiger partial charge in [-0.15, -0.1) is 11.8 Å². The predicted molar refractivity (Wildman–Crippen MR) is 96.2 cm³/mol. The number of hydrogen-bond donors (Lipinski definition) is 0. The van der Waals surface area contributed by atoms with Gasteiger partial charge in [0.25, 0.3) is 0 Å². The monoisotopic (exact) mass is 398 g/mol. The molecule has 0 amide bonds. The quantitative estimate of drug-likeness (QED) is 0.373. The fraction of sp³-hybridized carbons (Fsp3) is 0.235. The van der Waals surface area contributed by atoms with E-state index < -0.39 is 0 Å². The van der Waals surface area contributed by atoms with Crippen LogP contribution in [0.5, 0.6) is 5.75 Å². The normalized spacial score (nSPS) is 10.6. The van der Waals surface area contributed by atoms with Crippen LogP contribution in [0.1, 0.15) is 16.7 Å². The average Bonchev–Trinajstić information content (AvgIpc) is 2.42. The van der Waals surface area contributed by atoms with Crippen molar-refractivity contribution in [3.05, 3.63) is 56.5 Å². The number of halogens is 2. The van der Waals surface area contributed by atoms with Gasteiger partial charge in [0.05, 0.1) is 10.8 Å². The fourth-order valence-corrected chi connectivity index (χ4v) is 3.85.